The molecule has 0 atom stereocenters. The van der Waals surface area contributed by atoms with Crippen LogP contribution in [0.15, 0.2) is 42.3 Å². The van der Waals surface area contributed by atoms with E-state index in [-0.39, 0.29) is 11.9 Å². The molecule has 0 spiro atoms. The van der Waals surface area contributed by atoms with Gasteiger partial charge in [0.2, 0.25) is 0 Å². The van der Waals surface area contributed by atoms with Gasteiger partial charge in [-0.25, -0.2) is 14.5 Å². The van der Waals surface area contributed by atoms with Crippen molar-refractivity contribution in [3.8, 4) is 0 Å². The lowest BCUT2D eigenvalue weighted by Crippen LogP contribution is -2.15. The van der Waals surface area contributed by atoms with Gasteiger partial charge in [-0.15, -0.1) is 11.3 Å². The Bertz CT molecular complexity index is 976. The highest BCUT2D eigenvalue weighted by molar-refractivity contribution is 7.15. The zero-order chi connectivity index (χ0) is 19.5. The highest BCUT2D eigenvalue weighted by Gasteiger charge is 2.32. The van der Waals surface area contributed by atoms with Crippen LogP contribution in [0.4, 0.5) is 5.00 Å². The number of nitrogens with one attached hydrogen (secondary N) is 1. The van der Waals surface area contributed by atoms with Crippen molar-refractivity contribution in [3.63, 3.8) is 0 Å². The van der Waals surface area contributed by atoms with Crippen LogP contribution in [0.2, 0.25) is 0 Å². The van der Waals surface area contributed by atoms with Crippen LogP contribution in [0, 0.1) is 0 Å². The van der Waals surface area contributed by atoms with E-state index in [1.54, 1.807) is 30.1 Å². The molecule has 28 heavy (non-hydrogen) atoms. The van der Waals surface area contributed by atoms with Crippen LogP contribution in [-0.4, -0.2) is 33.2 Å². The molecule has 7 nitrogen and oxygen atoms in total. The predicted molar refractivity (Wildman–Crippen MR) is 106 cm³/mol. The maximum absolute atomic E-state index is 12.7. The lowest BCUT2D eigenvalue weighted by Gasteiger charge is -2.09. The predicted octanol–water partition coefficient (Wildman–Crippen LogP) is 3.69. The summed E-state index contributed by atoms with van der Waals surface area (Å²) in [6.45, 7) is 2.67. The van der Waals surface area contributed by atoms with Gasteiger partial charge in [0.1, 0.15) is 17.7 Å². The minimum absolute atomic E-state index is 0.248. The fourth-order valence-electron chi connectivity index (χ4n) is 3.01. The third-order valence-electron chi connectivity index (χ3n) is 4.57. The molecule has 8 heteroatoms. The maximum Gasteiger partial charge on any atom is 0.341 e. The Hall–Kier alpha value is -3.00. The third kappa shape index (κ3) is 3.96. The Morgan fingerprint density at radius 1 is 1.29 bits per heavy atom. The number of hydrogen-bond acceptors (Lipinski definition) is 6. The number of thiophene rings is 1. The molecule has 144 valence electrons. The number of anilines is 1. The van der Waals surface area contributed by atoms with Crippen molar-refractivity contribution in [3.05, 3.63) is 64.6 Å². The SMILES string of the molecule is CCOC(=O)c1c(C2CC2)csc1NC(=O)c1ccc(Cn2cncn2)cc1. The van der Waals surface area contributed by atoms with Crippen LogP contribution in [0.1, 0.15) is 57.5 Å². The molecule has 1 N–H and O–H groups in total. The first-order valence-corrected chi connectivity index (χ1v) is 10.0. The standard InChI is InChI=1S/C20H20N4O3S/c1-2-27-20(26)17-16(14-7-8-14)10-28-19(17)23-18(25)15-5-3-13(4-6-15)9-24-12-21-11-22-24/h3-6,10-12,14H,2,7-9H2,1H3,(H,23,25). The van der Waals surface area contributed by atoms with E-state index in [1.165, 1.54) is 17.7 Å². The molecule has 2 heterocycles. The van der Waals surface area contributed by atoms with E-state index in [2.05, 4.69) is 15.4 Å². The summed E-state index contributed by atoms with van der Waals surface area (Å²) in [7, 11) is 0. The zero-order valence-electron chi connectivity index (χ0n) is 15.4. The quantitative estimate of drug-likeness (QED) is 0.616. The minimum atomic E-state index is -0.371. The number of carbonyl (C=O) groups excluding carboxylic acids is 2. The summed E-state index contributed by atoms with van der Waals surface area (Å²) in [6.07, 6.45) is 5.28. The number of ether oxygens (including phenoxy) is 1. The van der Waals surface area contributed by atoms with Gasteiger partial charge in [-0.1, -0.05) is 12.1 Å². The van der Waals surface area contributed by atoms with Crippen molar-refractivity contribution in [2.75, 3.05) is 11.9 Å². The van der Waals surface area contributed by atoms with E-state index in [9.17, 15) is 9.59 Å². The van der Waals surface area contributed by atoms with E-state index >= 15 is 0 Å². The molecule has 1 aliphatic rings. The summed E-state index contributed by atoms with van der Waals surface area (Å²) in [6, 6.07) is 7.29. The van der Waals surface area contributed by atoms with Crippen LogP contribution >= 0.6 is 11.3 Å². The topological polar surface area (TPSA) is 86.1 Å². The summed E-state index contributed by atoms with van der Waals surface area (Å²) in [4.78, 5) is 29.0. The van der Waals surface area contributed by atoms with E-state index in [0.717, 1.165) is 24.0 Å². The molecule has 0 bridgehead atoms. The smallest absolute Gasteiger partial charge is 0.341 e. The number of carbonyl (C=O) groups is 2. The summed E-state index contributed by atoms with van der Waals surface area (Å²) >= 11 is 1.38. The second kappa shape index (κ2) is 7.93. The van der Waals surface area contributed by atoms with Crippen molar-refractivity contribution in [2.24, 2.45) is 0 Å². The van der Waals surface area contributed by atoms with Gasteiger partial charge >= 0.3 is 5.97 Å². The van der Waals surface area contributed by atoms with E-state index in [1.807, 2.05) is 17.5 Å². The Kier molecular flexibility index (Phi) is 5.21. The fraction of sp³-hybridized carbons (Fsp3) is 0.300. The zero-order valence-corrected chi connectivity index (χ0v) is 16.2. The van der Waals surface area contributed by atoms with Gasteiger partial charge in [0.15, 0.2) is 0 Å². The van der Waals surface area contributed by atoms with Gasteiger partial charge in [-0.05, 0) is 54.3 Å². The molecule has 1 fully saturated rings. The summed E-state index contributed by atoms with van der Waals surface area (Å²) in [5, 5.41) is 9.47. The lowest BCUT2D eigenvalue weighted by atomic mass is 10.1. The number of nitrogens with zero attached hydrogens (tertiary/aromatic N) is 3. The first kappa shape index (κ1) is 18.4. The van der Waals surface area contributed by atoms with Crippen LogP contribution in [0.3, 0.4) is 0 Å². The largest absolute Gasteiger partial charge is 0.462 e. The summed E-state index contributed by atoms with van der Waals surface area (Å²) < 4.78 is 6.92. The van der Waals surface area contributed by atoms with Crippen molar-refractivity contribution < 1.29 is 14.3 Å². The highest BCUT2D eigenvalue weighted by atomic mass is 32.1. The van der Waals surface area contributed by atoms with Gasteiger partial charge in [-0.2, -0.15) is 5.10 Å². The average Bonchev–Trinajstić information content (AvgIpc) is 3.25. The first-order chi connectivity index (χ1) is 13.7. The fourth-order valence-corrected chi connectivity index (χ4v) is 4.04. The second-order valence-electron chi connectivity index (χ2n) is 6.63. The molecule has 1 saturated carbocycles. The van der Waals surface area contributed by atoms with Gasteiger partial charge in [0, 0.05) is 5.56 Å². The Morgan fingerprint density at radius 3 is 2.71 bits per heavy atom. The molecule has 1 aromatic carbocycles. The summed E-state index contributed by atoms with van der Waals surface area (Å²) in [5.74, 6) is -0.219. The number of aromatic nitrogens is 3. The van der Waals surface area contributed by atoms with Gasteiger partial charge in [0.05, 0.1) is 18.7 Å². The van der Waals surface area contributed by atoms with E-state index in [0.29, 0.717) is 35.2 Å². The molecule has 1 aliphatic carbocycles. The molecule has 4 rings (SSSR count). The van der Waals surface area contributed by atoms with Crippen LogP contribution in [-0.2, 0) is 11.3 Å². The monoisotopic (exact) mass is 396 g/mol. The number of amides is 1. The lowest BCUT2D eigenvalue weighted by molar-refractivity contribution is 0.0527. The molecule has 0 radical (unpaired) electrons. The first-order valence-electron chi connectivity index (χ1n) is 9.17. The molecule has 3 aromatic rings. The third-order valence-corrected chi connectivity index (χ3v) is 5.48. The molecular formula is C20H20N4O3S. The maximum atomic E-state index is 12.7. The molecule has 0 aliphatic heterocycles. The van der Waals surface area contributed by atoms with Gasteiger partial charge < -0.3 is 10.1 Å². The van der Waals surface area contributed by atoms with Crippen molar-refractivity contribution >= 4 is 28.2 Å². The normalized spacial score (nSPS) is 13.3. The average molecular weight is 396 g/mol. The molecule has 0 unspecified atom stereocenters. The molecule has 2 aromatic heterocycles. The van der Waals surface area contributed by atoms with Crippen molar-refractivity contribution in [1.29, 1.82) is 0 Å². The Balaban J connectivity index is 1.49. The molecule has 0 saturated heterocycles. The van der Waals surface area contributed by atoms with E-state index in [4.69, 9.17) is 4.74 Å². The number of hydrogen-bond donors (Lipinski definition) is 1. The highest BCUT2D eigenvalue weighted by Crippen LogP contribution is 2.46. The Labute approximate surface area is 166 Å². The minimum Gasteiger partial charge on any atom is -0.462 e. The second-order valence-corrected chi connectivity index (χ2v) is 7.51. The number of esters is 1. The van der Waals surface area contributed by atoms with Crippen molar-refractivity contribution in [2.45, 2.75) is 32.2 Å². The number of benzene rings is 1. The van der Waals surface area contributed by atoms with Gasteiger partial charge in [0.25, 0.3) is 5.91 Å². The van der Waals surface area contributed by atoms with Crippen LogP contribution in [0.5, 0.6) is 0 Å². The van der Waals surface area contributed by atoms with Crippen molar-refractivity contribution in [1.82, 2.24) is 14.8 Å². The van der Waals surface area contributed by atoms with Gasteiger partial charge in [-0.3, -0.25) is 4.79 Å². The molecular weight excluding hydrogens is 376 g/mol. The summed E-state index contributed by atoms with van der Waals surface area (Å²) in [5.41, 5.74) is 3.03. The van der Waals surface area contributed by atoms with Crippen LogP contribution in [0.25, 0.3) is 0 Å². The van der Waals surface area contributed by atoms with E-state index < -0.39 is 0 Å². The Morgan fingerprint density at radius 2 is 2.07 bits per heavy atom. The molecule has 1 amide bonds. The number of rotatable bonds is 7. The van der Waals surface area contributed by atoms with Crippen LogP contribution < -0.4 is 5.32 Å².